The van der Waals surface area contributed by atoms with E-state index >= 15 is 0 Å². The van der Waals surface area contributed by atoms with Crippen LogP contribution >= 0.6 is 0 Å². The maximum absolute atomic E-state index is 13.8. The van der Waals surface area contributed by atoms with Gasteiger partial charge in [0.2, 0.25) is 0 Å². The largest absolute Gasteiger partial charge is 0.384 e. The number of carbonyl (C=O) groups excluding carboxylic acids is 1. The number of amides is 2. The number of para-hydroxylation sites is 1. The molecule has 4 N–H and O–H groups in total. The second-order valence-electron chi connectivity index (χ2n) is 6.06. The van der Waals surface area contributed by atoms with Gasteiger partial charge in [0.1, 0.15) is 11.6 Å². The average Bonchev–Trinajstić information content (AvgIpc) is 3.16. The molecule has 0 aliphatic carbocycles. The summed E-state index contributed by atoms with van der Waals surface area (Å²) in [5, 5.41) is 5.79. The SMILES string of the molecule is [2H]C([2H])(c1ccnc(N)c1)n1ccc2c(NC(=O)Nc3ccccc3F)cccc21. The Morgan fingerprint density at radius 2 is 1.89 bits per heavy atom. The van der Waals surface area contributed by atoms with Crippen molar-refractivity contribution in [2.24, 2.45) is 0 Å². The van der Waals surface area contributed by atoms with E-state index in [1.165, 1.54) is 35.0 Å². The quantitative estimate of drug-likeness (QED) is 0.491. The van der Waals surface area contributed by atoms with Gasteiger partial charge in [0.15, 0.2) is 0 Å². The summed E-state index contributed by atoms with van der Waals surface area (Å²) in [5.74, 6) is -0.318. The Bertz CT molecular complexity index is 1240. The van der Waals surface area contributed by atoms with Crippen LogP contribution in [0.15, 0.2) is 73.1 Å². The number of hydrogen-bond donors (Lipinski definition) is 3. The zero-order chi connectivity index (χ0) is 21.3. The third-order valence-corrected chi connectivity index (χ3v) is 4.13. The molecule has 0 atom stereocenters. The Morgan fingerprint density at radius 1 is 1.11 bits per heavy atom. The van der Waals surface area contributed by atoms with Crippen LogP contribution in [0.4, 0.5) is 26.4 Å². The van der Waals surface area contributed by atoms with Gasteiger partial charge in [0, 0.05) is 24.3 Å². The number of nitrogens with one attached hydrogen (secondary N) is 2. The Kier molecular flexibility index (Phi) is 4.02. The molecule has 0 aliphatic heterocycles. The molecule has 4 rings (SSSR count). The zero-order valence-corrected chi connectivity index (χ0v) is 14.7. The lowest BCUT2D eigenvalue weighted by atomic mass is 10.2. The normalized spacial score (nSPS) is 12.3. The van der Waals surface area contributed by atoms with Crippen LogP contribution in [0.3, 0.4) is 0 Å². The van der Waals surface area contributed by atoms with Crippen molar-refractivity contribution in [2.45, 2.75) is 6.50 Å². The molecule has 0 aliphatic rings. The number of nitrogen functional groups attached to an aromatic ring is 1. The van der Waals surface area contributed by atoms with Gasteiger partial charge in [0.05, 0.1) is 19.6 Å². The fourth-order valence-electron chi connectivity index (χ4n) is 2.87. The number of halogens is 1. The van der Waals surface area contributed by atoms with Gasteiger partial charge >= 0.3 is 6.03 Å². The highest BCUT2D eigenvalue weighted by molar-refractivity contribution is 6.05. The molecule has 0 saturated carbocycles. The van der Waals surface area contributed by atoms with Crippen molar-refractivity contribution in [3.05, 3.63) is 84.4 Å². The topological polar surface area (TPSA) is 85.0 Å². The van der Waals surface area contributed by atoms with Gasteiger partial charge < -0.3 is 20.9 Å². The molecule has 2 aromatic heterocycles. The number of rotatable bonds is 4. The van der Waals surface area contributed by atoms with Gasteiger partial charge in [-0.05, 0) is 48.0 Å². The summed E-state index contributed by atoms with van der Waals surface area (Å²) in [6.45, 7) is -1.90. The predicted octanol–water partition coefficient (Wildman–Crippen LogP) is 4.45. The number of urea groups is 1. The standard InChI is InChI=1S/C21H18FN5O/c22-16-4-1-2-5-18(16)26-21(28)25-17-6-3-7-19-15(17)9-11-27(19)13-14-8-10-24-20(23)12-14/h1-12H,13H2,(H2,23,24)(H2,25,26,28)/i13D2. The van der Waals surface area contributed by atoms with Crippen molar-refractivity contribution in [2.75, 3.05) is 16.4 Å². The van der Waals surface area contributed by atoms with Crippen LogP contribution in [0.5, 0.6) is 0 Å². The summed E-state index contributed by atoms with van der Waals surface area (Å²) < 4.78 is 32.4. The molecule has 0 bridgehead atoms. The lowest BCUT2D eigenvalue weighted by molar-refractivity contribution is 0.262. The number of aromatic nitrogens is 2. The van der Waals surface area contributed by atoms with Crippen molar-refractivity contribution >= 4 is 34.1 Å². The van der Waals surface area contributed by atoms with Crippen LogP contribution in [-0.2, 0) is 6.50 Å². The molecule has 0 unspecified atom stereocenters. The predicted molar refractivity (Wildman–Crippen MR) is 109 cm³/mol. The molecule has 2 heterocycles. The van der Waals surface area contributed by atoms with Gasteiger partial charge in [-0.15, -0.1) is 0 Å². The molecule has 2 aromatic carbocycles. The molecule has 6 nitrogen and oxygen atoms in total. The van der Waals surface area contributed by atoms with E-state index < -0.39 is 18.3 Å². The smallest absolute Gasteiger partial charge is 0.323 e. The monoisotopic (exact) mass is 377 g/mol. The zero-order valence-electron chi connectivity index (χ0n) is 16.7. The van der Waals surface area contributed by atoms with Gasteiger partial charge in [-0.2, -0.15) is 0 Å². The number of nitrogens with zero attached hydrogens (tertiary/aromatic N) is 2. The van der Waals surface area contributed by atoms with E-state index in [1.54, 1.807) is 42.6 Å². The van der Waals surface area contributed by atoms with E-state index in [1.807, 2.05) is 0 Å². The minimum Gasteiger partial charge on any atom is -0.384 e. The molecule has 28 heavy (non-hydrogen) atoms. The van der Waals surface area contributed by atoms with Crippen molar-refractivity contribution in [1.29, 1.82) is 0 Å². The summed E-state index contributed by atoms with van der Waals surface area (Å²) in [7, 11) is 0. The number of hydrogen-bond acceptors (Lipinski definition) is 3. The molecule has 140 valence electrons. The lowest BCUT2D eigenvalue weighted by Gasteiger charge is -2.10. The highest BCUT2D eigenvalue weighted by atomic mass is 19.1. The molecule has 0 spiro atoms. The number of pyridine rings is 1. The van der Waals surface area contributed by atoms with Gasteiger partial charge in [-0.3, -0.25) is 0 Å². The van der Waals surface area contributed by atoms with E-state index in [9.17, 15) is 9.18 Å². The van der Waals surface area contributed by atoms with E-state index in [0.29, 0.717) is 22.2 Å². The molecule has 2 amide bonds. The van der Waals surface area contributed by atoms with Crippen molar-refractivity contribution in [3.8, 4) is 0 Å². The van der Waals surface area contributed by atoms with E-state index in [2.05, 4.69) is 15.6 Å². The Hall–Kier alpha value is -3.87. The highest BCUT2D eigenvalue weighted by Crippen LogP contribution is 2.26. The van der Waals surface area contributed by atoms with E-state index in [-0.39, 0.29) is 11.5 Å². The number of carbonyl (C=O) groups is 1. The maximum atomic E-state index is 13.8. The van der Waals surface area contributed by atoms with Crippen LogP contribution in [-0.4, -0.2) is 15.6 Å². The van der Waals surface area contributed by atoms with Gasteiger partial charge in [-0.1, -0.05) is 18.2 Å². The average molecular weight is 377 g/mol. The molecule has 4 aromatic rings. The maximum Gasteiger partial charge on any atom is 0.323 e. The minimum absolute atomic E-state index is 0.0614. The molecule has 7 heteroatoms. The highest BCUT2D eigenvalue weighted by Gasteiger charge is 2.10. The fraction of sp³-hybridized carbons (Fsp3) is 0.0476. The second-order valence-corrected chi connectivity index (χ2v) is 6.06. The van der Waals surface area contributed by atoms with Crippen molar-refractivity contribution in [3.63, 3.8) is 0 Å². The Labute approximate surface area is 163 Å². The molecule has 0 saturated heterocycles. The van der Waals surface area contributed by atoms with Crippen LogP contribution in [0.2, 0.25) is 0 Å². The number of anilines is 3. The van der Waals surface area contributed by atoms with Crippen molar-refractivity contribution < 1.29 is 11.9 Å². The molecule has 0 fully saturated rings. The van der Waals surface area contributed by atoms with Crippen molar-refractivity contribution in [1.82, 2.24) is 9.55 Å². The first-order valence-electron chi connectivity index (χ1n) is 9.51. The summed E-state index contributed by atoms with van der Waals surface area (Å²) in [6.07, 6.45) is 3.05. The Balaban J connectivity index is 1.65. The first-order valence-corrected chi connectivity index (χ1v) is 8.51. The second kappa shape index (κ2) is 7.40. The van der Waals surface area contributed by atoms with E-state index in [4.69, 9.17) is 8.48 Å². The summed E-state index contributed by atoms with van der Waals surface area (Å²) >= 11 is 0. The van der Waals surface area contributed by atoms with Crippen LogP contribution < -0.4 is 16.4 Å². The third-order valence-electron chi connectivity index (χ3n) is 4.13. The van der Waals surface area contributed by atoms with Crippen LogP contribution in [0, 0.1) is 5.82 Å². The fourth-order valence-corrected chi connectivity index (χ4v) is 2.87. The van der Waals surface area contributed by atoms with Gasteiger partial charge in [0.25, 0.3) is 0 Å². The number of benzene rings is 2. The summed E-state index contributed by atoms with van der Waals surface area (Å²) in [6, 6.07) is 15.1. The third kappa shape index (κ3) is 3.64. The summed E-state index contributed by atoms with van der Waals surface area (Å²) in [4.78, 5) is 16.3. The van der Waals surface area contributed by atoms with Crippen LogP contribution in [0.1, 0.15) is 8.30 Å². The first kappa shape index (κ1) is 15.2. The Morgan fingerprint density at radius 3 is 2.71 bits per heavy atom. The first-order chi connectivity index (χ1) is 14.4. The minimum atomic E-state index is -1.90. The molecule has 0 radical (unpaired) electrons. The number of fused-ring (bicyclic) bond motifs is 1. The molecular weight excluding hydrogens is 357 g/mol. The number of nitrogens with two attached hydrogens (primary N) is 1. The lowest BCUT2D eigenvalue weighted by Crippen LogP contribution is -2.20. The van der Waals surface area contributed by atoms with E-state index in [0.717, 1.165) is 0 Å². The summed E-state index contributed by atoms with van der Waals surface area (Å²) in [5.41, 5.74) is 7.15. The molecular formula is C21H18FN5O. The van der Waals surface area contributed by atoms with Crippen LogP contribution in [0.25, 0.3) is 10.9 Å². The van der Waals surface area contributed by atoms with Gasteiger partial charge in [-0.25, -0.2) is 14.2 Å².